The minimum absolute atomic E-state index is 0.597. The van der Waals surface area contributed by atoms with Gasteiger partial charge >= 0.3 is 0 Å². The zero-order valence-electron chi connectivity index (χ0n) is 47.8. The highest BCUT2D eigenvalue weighted by Gasteiger charge is 2.26. The fraction of sp³-hybridized carbons (Fsp3) is 0. The molecule has 0 saturated carbocycles. The maximum atomic E-state index is 5.93. The summed E-state index contributed by atoms with van der Waals surface area (Å²) in [5.74, 6) is 0.597. The minimum Gasteiger partial charge on any atom is -0.310 e. The van der Waals surface area contributed by atoms with Gasteiger partial charge in [-0.05, 0) is 194 Å². The first kappa shape index (κ1) is 49.7. The van der Waals surface area contributed by atoms with Crippen LogP contribution in [0.25, 0.3) is 159 Å². The summed E-state index contributed by atoms with van der Waals surface area (Å²) in [5.41, 5.74) is 13.4. The average molecular weight is 1120 g/mol. The van der Waals surface area contributed by atoms with E-state index >= 15 is 0 Å². The predicted octanol–water partition coefficient (Wildman–Crippen LogP) is 22.9. The van der Waals surface area contributed by atoms with Crippen LogP contribution in [0, 0.1) is 0 Å². The quantitative estimate of drug-likeness (QED) is 0.112. The number of para-hydroxylation sites is 2. The standard InChI is InChI=1S/C84H52N4/c1-3-25-67(26-4-1)87(68-27-5-2-6-28-68)69-41-42-72-75(51-69)71-30-16-15-29-70(71)74-50-63-40-44-79-81(73(63)52-76(72)74)77-49-62(61-35-31-53-17-7-11-21-57(53)45-61)39-43-78(77)88(79)84-85-82(65-37-33-55-19-9-13-23-59(55)47-65)80(64-36-32-54-18-8-12-22-58(54)46-64)83(86-84)66-38-34-56-20-10-14-24-60(56)48-66/h1-52H. The summed E-state index contributed by atoms with van der Waals surface area (Å²) in [5, 5.41) is 21.3. The smallest absolute Gasteiger partial charge is 0.235 e. The molecule has 0 fully saturated rings. The van der Waals surface area contributed by atoms with Crippen molar-refractivity contribution in [1.82, 2.24) is 14.5 Å². The molecule has 2 aromatic heterocycles. The molecule has 0 saturated heterocycles. The van der Waals surface area contributed by atoms with Gasteiger partial charge in [-0.2, -0.15) is 0 Å². The largest absolute Gasteiger partial charge is 0.310 e. The van der Waals surface area contributed by atoms with E-state index in [0.717, 1.165) is 111 Å². The first-order valence-electron chi connectivity index (χ1n) is 30.2. The third-order valence-electron chi connectivity index (χ3n) is 18.2. The van der Waals surface area contributed by atoms with Gasteiger partial charge in [-0.3, -0.25) is 4.57 Å². The van der Waals surface area contributed by atoms with Gasteiger partial charge in [0.25, 0.3) is 0 Å². The van der Waals surface area contributed by atoms with Gasteiger partial charge in [0.2, 0.25) is 5.95 Å². The van der Waals surface area contributed by atoms with Gasteiger partial charge in [0, 0.05) is 44.5 Å². The number of hydrogen-bond acceptors (Lipinski definition) is 3. The van der Waals surface area contributed by atoms with Crippen molar-refractivity contribution in [3.8, 4) is 50.7 Å². The van der Waals surface area contributed by atoms with Crippen molar-refractivity contribution in [2.45, 2.75) is 0 Å². The van der Waals surface area contributed by atoms with E-state index in [4.69, 9.17) is 9.97 Å². The molecule has 0 atom stereocenters. The van der Waals surface area contributed by atoms with E-state index in [0.29, 0.717) is 5.95 Å². The van der Waals surface area contributed by atoms with Crippen LogP contribution in [0.15, 0.2) is 315 Å². The van der Waals surface area contributed by atoms with Crippen molar-refractivity contribution in [3.05, 3.63) is 315 Å². The van der Waals surface area contributed by atoms with E-state index in [9.17, 15) is 0 Å². The van der Waals surface area contributed by atoms with Crippen molar-refractivity contribution in [1.29, 1.82) is 0 Å². The average Bonchev–Trinajstić information content (AvgIpc) is 1.71. The first-order valence-corrected chi connectivity index (χ1v) is 30.2. The van der Waals surface area contributed by atoms with Crippen LogP contribution in [-0.4, -0.2) is 14.5 Å². The Kier molecular flexibility index (Phi) is 11.3. The first-order chi connectivity index (χ1) is 43.6. The molecular weight excluding hydrogens is 1060 g/mol. The minimum atomic E-state index is 0.597. The van der Waals surface area contributed by atoms with Gasteiger partial charge in [0.05, 0.1) is 22.4 Å². The van der Waals surface area contributed by atoms with Gasteiger partial charge in [0.15, 0.2) is 0 Å². The highest BCUT2D eigenvalue weighted by molar-refractivity contribution is 6.31. The van der Waals surface area contributed by atoms with Crippen molar-refractivity contribution < 1.29 is 0 Å². The fourth-order valence-corrected chi connectivity index (χ4v) is 14.0. The number of hydrogen-bond donors (Lipinski definition) is 0. The number of anilines is 3. The molecule has 4 heteroatoms. The van der Waals surface area contributed by atoms with E-state index < -0.39 is 0 Å². The Morgan fingerprint density at radius 1 is 0.227 bits per heavy atom. The van der Waals surface area contributed by atoms with Crippen LogP contribution in [0.5, 0.6) is 0 Å². The summed E-state index contributed by atoms with van der Waals surface area (Å²) in [6.07, 6.45) is 0. The summed E-state index contributed by atoms with van der Waals surface area (Å²) in [6.45, 7) is 0. The second-order valence-electron chi connectivity index (χ2n) is 23.3. The van der Waals surface area contributed by atoms with Crippen LogP contribution in [0.4, 0.5) is 17.1 Å². The van der Waals surface area contributed by atoms with Crippen molar-refractivity contribution in [2.75, 3.05) is 4.90 Å². The summed E-state index contributed by atoms with van der Waals surface area (Å²) in [4.78, 5) is 14.2. The monoisotopic (exact) mass is 1120 g/mol. The second-order valence-corrected chi connectivity index (χ2v) is 23.3. The highest BCUT2D eigenvalue weighted by Crippen LogP contribution is 2.47. The van der Waals surface area contributed by atoms with E-state index in [-0.39, 0.29) is 0 Å². The lowest BCUT2D eigenvalue weighted by Crippen LogP contribution is -2.09. The molecule has 0 N–H and O–H groups in total. The lowest BCUT2D eigenvalue weighted by atomic mass is 9.91. The number of rotatable bonds is 8. The van der Waals surface area contributed by atoms with Gasteiger partial charge in [-0.1, -0.05) is 224 Å². The van der Waals surface area contributed by atoms with Gasteiger partial charge in [0.1, 0.15) is 0 Å². The Morgan fingerprint density at radius 2 is 0.636 bits per heavy atom. The van der Waals surface area contributed by atoms with Gasteiger partial charge in [-0.25, -0.2) is 9.97 Å². The normalized spacial score (nSPS) is 11.9. The number of aromatic nitrogens is 3. The van der Waals surface area contributed by atoms with Crippen LogP contribution >= 0.6 is 0 Å². The van der Waals surface area contributed by atoms with Crippen LogP contribution in [0.2, 0.25) is 0 Å². The molecule has 88 heavy (non-hydrogen) atoms. The van der Waals surface area contributed by atoms with Crippen molar-refractivity contribution in [2.24, 2.45) is 0 Å². The zero-order valence-corrected chi connectivity index (χ0v) is 47.8. The molecule has 0 unspecified atom stereocenters. The predicted molar refractivity (Wildman–Crippen MR) is 373 cm³/mol. The zero-order chi connectivity index (χ0) is 57.8. The Labute approximate surface area is 507 Å². The molecule has 18 aromatic rings. The molecule has 2 heterocycles. The molecule has 18 rings (SSSR count). The van der Waals surface area contributed by atoms with Gasteiger partial charge < -0.3 is 4.90 Å². The fourth-order valence-electron chi connectivity index (χ4n) is 14.0. The molecule has 16 aromatic carbocycles. The molecule has 0 radical (unpaired) electrons. The molecule has 0 spiro atoms. The van der Waals surface area contributed by atoms with E-state index in [1.165, 1.54) is 59.2 Å². The Morgan fingerprint density at radius 3 is 1.20 bits per heavy atom. The summed E-state index contributed by atoms with van der Waals surface area (Å²) in [6, 6.07) is 115. The second kappa shape index (κ2) is 20.0. The van der Waals surface area contributed by atoms with E-state index in [2.05, 4.69) is 325 Å². The van der Waals surface area contributed by atoms with Crippen LogP contribution in [0.3, 0.4) is 0 Å². The number of benzene rings is 16. The molecule has 0 aliphatic rings. The summed E-state index contributed by atoms with van der Waals surface area (Å²) in [7, 11) is 0. The van der Waals surface area contributed by atoms with E-state index in [1.807, 2.05) is 0 Å². The Hall–Kier alpha value is -11.7. The lowest BCUT2D eigenvalue weighted by molar-refractivity contribution is 0.997. The summed E-state index contributed by atoms with van der Waals surface area (Å²) < 4.78 is 2.34. The molecule has 0 aliphatic carbocycles. The number of nitrogens with zero attached hydrogens (tertiary/aromatic N) is 4. The highest BCUT2D eigenvalue weighted by atomic mass is 15.2. The third-order valence-corrected chi connectivity index (χ3v) is 18.2. The maximum absolute atomic E-state index is 5.93. The number of fused-ring (bicyclic) bond motifs is 15. The molecule has 4 nitrogen and oxygen atoms in total. The SMILES string of the molecule is c1ccc(N(c2ccccc2)c2ccc3c(c2)c2ccccc2c2cc4ccc5c(c4cc32)c2cc(-c3ccc4ccccc4c3)ccc2n5-c2nc(-c3ccc4ccccc4c3)c(-c3ccc4ccccc4c3)c(-c3ccc4ccccc4c3)n2)cc1. The van der Waals surface area contributed by atoms with Gasteiger partial charge in [-0.15, -0.1) is 0 Å². The molecular formula is C84H52N4. The van der Waals surface area contributed by atoms with Crippen molar-refractivity contribution >= 4 is 125 Å². The van der Waals surface area contributed by atoms with Crippen LogP contribution in [0.1, 0.15) is 0 Å². The summed E-state index contributed by atoms with van der Waals surface area (Å²) >= 11 is 0. The Bertz CT molecular complexity index is 5750. The van der Waals surface area contributed by atoms with E-state index in [1.54, 1.807) is 0 Å². The third kappa shape index (κ3) is 8.07. The van der Waals surface area contributed by atoms with Crippen molar-refractivity contribution in [3.63, 3.8) is 0 Å². The molecule has 0 amide bonds. The molecule has 408 valence electrons. The maximum Gasteiger partial charge on any atom is 0.235 e. The lowest BCUT2D eigenvalue weighted by Gasteiger charge is -2.26. The Balaban J connectivity index is 0.946. The molecule has 0 aliphatic heterocycles. The topological polar surface area (TPSA) is 34.0 Å². The molecule has 0 bridgehead atoms. The van der Waals surface area contributed by atoms with Crippen LogP contribution in [-0.2, 0) is 0 Å². The van der Waals surface area contributed by atoms with Crippen LogP contribution < -0.4 is 4.90 Å².